The van der Waals surface area contributed by atoms with Crippen LogP contribution in [0.3, 0.4) is 0 Å². The zero-order valence-corrected chi connectivity index (χ0v) is 15.4. The number of rotatable bonds is 3. The lowest BCUT2D eigenvalue weighted by Gasteiger charge is -2.34. The van der Waals surface area contributed by atoms with E-state index in [0.717, 1.165) is 18.5 Å². The summed E-state index contributed by atoms with van der Waals surface area (Å²) in [6, 6.07) is 1.85. The van der Waals surface area contributed by atoms with Crippen molar-refractivity contribution < 1.29 is 9.53 Å². The van der Waals surface area contributed by atoms with Gasteiger partial charge in [-0.3, -0.25) is 0 Å². The highest BCUT2D eigenvalue weighted by molar-refractivity contribution is 6.46. The lowest BCUT2D eigenvalue weighted by molar-refractivity contribution is 0.0194. The van der Waals surface area contributed by atoms with E-state index in [1.165, 1.54) is 0 Å². The van der Waals surface area contributed by atoms with Crippen molar-refractivity contribution in [1.29, 1.82) is 5.41 Å². The van der Waals surface area contributed by atoms with Gasteiger partial charge < -0.3 is 15.0 Å². The van der Waals surface area contributed by atoms with Gasteiger partial charge in [0.1, 0.15) is 10.8 Å². The number of carbonyl (C=O) groups excluding carboxylic acids is 1. The van der Waals surface area contributed by atoms with Crippen LogP contribution >= 0.6 is 11.6 Å². The van der Waals surface area contributed by atoms with Crippen LogP contribution in [0.5, 0.6) is 0 Å². The van der Waals surface area contributed by atoms with Crippen LogP contribution in [0.4, 0.5) is 4.79 Å². The first-order chi connectivity index (χ1) is 11.2. The lowest BCUT2D eigenvalue weighted by atomic mass is 9.93. The number of carbonyl (C=O) groups is 1. The van der Waals surface area contributed by atoms with Crippen molar-refractivity contribution in [3.05, 3.63) is 24.0 Å². The van der Waals surface area contributed by atoms with E-state index in [9.17, 15) is 4.79 Å². The van der Waals surface area contributed by atoms with Crippen LogP contribution in [-0.4, -0.2) is 45.2 Å². The number of hydrogen-bond acceptors (Lipinski definition) is 4. The number of allylic oxidation sites excluding steroid dienone is 1. The van der Waals surface area contributed by atoms with Gasteiger partial charge in [0.25, 0.3) is 0 Å². The van der Waals surface area contributed by atoms with Crippen LogP contribution in [0.2, 0.25) is 0 Å². The minimum atomic E-state index is -0.516. The number of piperidine rings is 1. The molecule has 0 bridgehead atoms. The van der Waals surface area contributed by atoms with Gasteiger partial charge in [-0.05, 0) is 52.7 Å². The Morgan fingerprint density at radius 3 is 2.79 bits per heavy atom. The van der Waals surface area contributed by atoms with Gasteiger partial charge in [-0.25, -0.2) is 9.48 Å². The predicted molar refractivity (Wildman–Crippen MR) is 95.3 cm³/mol. The molecule has 1 N–H and O–H groups in total. The first-order valence-corrected chi connectivity index (χ1v) is 8.50. The van der Waals surface area contributed by atoms with E-state index in [0.29, 0.717) is 24.0 Å². The zero-order chi connectivity index (χ0) is 17.9. The van der Waals surface area contributed by atoms with Gasteiger partial charge in [0.15, 0.2) is 0 Å². The van der Waals surface area contributed by atoms with Crippen LogP contribution in [-0.2, 0) is 4.74 Å². The van der Waals surface area contributed by atoms with Gasteiger partial charge in [0.2, 0.25) is 0 Å². The molecule has 1 amide bonds. The molecule has 6 nitrogen and oxygen atoms in total. The molecular formula is C17H25ClN4O2. The van der Waals surface area contributed by atoms with Gasteiger partial charge in [0.05, 0.1) is 0 Å². The topological polar surface area (TPSA) is 71.2 Å². The Bertz CT molecular complexity index is 645. The second-order valence-electron chi connectivity index (χ2n) is 7.07. The zero-order valence-electron chi connectivity index (χ0n) is 14.7. The highest BCUT2D eigenvalue weighted by Crippen LogP contribution is 2.22. The maximum absolute atomic E-state index is 12.2. The van der Waals surface area contributed by atoms with Crippen LogP contribution in [0, 0.1) is 18.3 Å². The standard InChI is InChI=1S/C17H25ClN4O2/c1-12-7-8-20-22(12)15(18)10-14(19)13-6-5-9-21(11-13)16(23)24-17(2,3)4/h7-8,10,13,19H,5-6,9,11H2,1-4H3/b15-10-,19-14?. The monoisotopic (exact) mass is 352 g/mol. The van der Waals surface area contributed by atoms with E-state index in [2.05, 4.69) is 5.10 Å². The van der Waals surface area contributed by atoms with Crippen molar-refractivity contribution in [2.75, 3.05) is 13.1 Å². The normalized spacial score (nSPS) is 19.3. The summed E-state index contributed by atoms with van der Waals surface area (Å²) in [7, 11) is 0. The van der Waals surface area contributed by atoms with Crippen molar-refractivity contribution in [2.45, 2.75) is 46.1 Å². The molecule has 1 fully saturated rings. The molecular weight excluding hydrogens is 328 g/mol. The van der Waals surface area contributed by atoms with E-state index < -0.39 is 5.60 Å². The van der Waals surface area contributed by atoms with Crippen molar-refractivity contribution >= 4 is 28.6 Å². The van der Waals surface area contributed by atoms with Gasteiger partial charge in [-0.2, -0.15) is 5.10 Å². The molecule has 1 unspecified atom stereocenters. The molecule has 1 aromatic heterocycles. The van der Waals surface area contributed by atoms with E-state index in [1.807, 2.05) is 33.8 Å². The average molecular weight is 353 g/mol. The largest absolute Gasteiger partial charge is 0.444 e. The van der Waals surface area contributed by atoms with Crippen LogP contribution in [0.15, 0.2) is 18.3 Å². The summed E-state index contributed by atoms with van der Waals surface area (Å²) in [6.45, 7) is 8.59. The van der Waals surface area contributed by atoms with Crippen molar-refractivity contribution in [1.82, 2.24) is 14.7 Å². The van der Waals surface area contributed by atoms with Crippen molar-refractivity contribution in [3.8, 4) is 0 Å². The van der Waals surface area contributed by atoms with E-state index in [4.69, 9.17) is 21.7 Å². The highest BCUT2D eigenvalue weighted by atomic mass is 35.5. The minimum Gasteiger partial charge on any atom is -0.444 e. The molecule has 7 heteroatoms. The van der Waals surface area contributed by atoms with Gasteiger partial charge in [-0.1, -0.05) is 11.6 Å². The maximum atomic E-state index is 12.2. The maximum Gasteiger partial charge on any atom is 0.410 e. The van der Waals surface area contributed by atoms with Crippen LogP contribution in [0.25, 0.3) is 5.16 Å². The number of nitrogens with zero attached hydrogens (tertiary/aromatic N) is 3. The Hall–Kier alpha value is -1.82. The molecule has 2 rings (SSSR count). The molecule has 24 heavy (non-hydrogen) atoms. The third kappa shape index (κ3) is 4.84. The number of nitrogens with one attached hydrogen (secondary N) is 1. The molecule has 1 aliphatic heterocycles. The molecule has 0 aromatic carbocycles. The molecule has 0 aliphatic carbocycles. The predicted octanol–water partition coefficient (Wildman–Crippen LogP) is 3.90. The quantitative estimate of drug-likeness (QED) is 0.838. The average Bonchev–Trinajstić information content (AvgIpc) is 2.92. The number of aryl methyl sites for hydroxylation is 1. The van der Waals surface area contributed by atoms with E-state index in [1.54, 1.807) is 21.9 Å². The van der Waals surface area contributed by atoms with Crippen LogP contribution in [0.1, 0.15) is 39.3 Å². The number of likely N-dealkylation sites (tertiary alicyclic amines) is 1. The molecule has 0 spiro atoms. The summed E-state index contributed by atoms with van der Waals surface area (Å²) < 4.78 is 7.01. The number of ether oxygens (including phenoxy) is 1. The molecule has 0 saturated carbocycles. The fourth-order valence-electron chi connectivity index (χ4n) is 2.62. The van der Waals surface area contributed by atoms with Crippen LogP contribution < -0.4 is 0 Å². The summed E-state index contributed by atoms with van der Waals surface area (Å²) in [6.07, 6.45) is 4.67. The van der Waals surface area contributed by atoms with Crippen molar-refractivity contribution in [2.24, 2.45) is 5.92 Å². The lowest BCUT2D eigenvalue weighted by Crippen LogP contribution is -2.44. The van der Waals surface area contributed by atoms with E-state index in [-0.39, 0.29) is 12.0 Å². The number of halogens is 1. The number of amides is 1. The Balaban J connectivity index is 2.02. The SMILES string of the molecule is Cc1ccnn1/C(Cl)=C\C(=N)C1CCCN(C(=O)OC(C)(C)C)C1. The van der Waals surface area contributed by atoms with E-state index >= 15 is 0 Å². The Morgan fingerprint density at radius 2 is 2.21 bits per heavy atom. The number of aromatic nitrogens is 2. The fraction of sp³-hybridized carbons (Fsp3) is 0.588. The molecule has 0 radical (unpaired) electrons. The Kier molecular flexibility index (Phi) is 5.70. The molecule has 1 aromatic rings. The molecule has 1 saturated heterocycles. The minimum absolute atomic E-state index is 0.0455. The first-order valence-electron chi connectivity index (χ1n) is 8.12. The van der Waals surface area contributed by atoms with Gasteiger partial charge in [-0.15, -0.1) is 0 Å². The van der Waals surface area contributed by atoms with Gasteiger partial charge in [0, 0.05) is 36.6 Å². The molecule has 1 atom stereocenters. The highest BCUT2D eigenvalue weighted by Gasteiger charge is 2.29. The summed E-state index contributed by atoms with van der Waals surface area (Å²) in [5.74, 6) is -0.0455. The summed E-state index contributed by atoms with van der Waals surface area (Å²) in [5.41, 5.74) is 0.796. The number of hydrogen-bond donors (Lipinski definition) is 1. The second-order valence-corrected chi connectivity index (χ2v) is 7.46. The fourth-order valence-corrected chi connectivity index (χ4v) is 2.92. The van der Waals surface area contributed by atoms with Crippen molar-refractivity contribution in [3.63, 3.8) is 0 Å². The summed E-state index contributed by atoms with van der Waals surface area (Å²) in [5, 5.41) is 12.8. The summed E-state index contributed by atoms with van der Waals surface area (Å²) in [4.78, 5) is 13.9. The smallest absolute Gasteiger partial charge is 0.410 e. The first kappa shape index (κ1) is 18.5. The third-order valence-electron chi connectivity index (χ3n) is 3.82. The Labute approximate surface area is 147 Å². The third-order valence-corrected chi connectivity index (χ3v) is 4.09. The molecule has 132 valence electrons. The van der Waals surface area contributed by atoms with Gasteiger partial charge >= 0.3 is 6.09 Å². The second kappa shape index (κ2) is 7.38. The summed E-state index contributed by atoms with van der Waals surface area (Å²) >= 11 is 6.27. The Morgan fingerprint density at radius 1 is 1.50 bits per heavy atom. The molecule has 1 aliphatic rings. The molecule has 2 heterocycles.